The third-order valence-corrected chi connectivity index (χ3v) is 1.68. The first-order valence-electron chi connectivity index (χ1n) is 3.85. The van der Waals surface area contributed by atoms with Crippen LogP contribution in [0.15, 0.2) is 0 Å². The van der Waals surface area contributed by atoms with Crippen molar-refractivity contribution in [3.63, 3.8) is 0 Å². The monoisotopic (exact) mass is 204 g/mol. The summed E-state index contributed by atoms with van der Waals surface area (Å²) in [6, 6.07) is 0. The smallest absolute Gasteiger partial charge is 0.335 e. The molecule has 0 bridgehead atoms. The van der Waals surface area contributed by atoms with Crippen LogP contribution in [-0.2, 0) is 23.9 Å². The molecule has 0 aromatic rings. The first-order chi connectivity index (χ1) is 6.58. The number of hydrogen-bond acceptors (Lipinski definition) is 6. The Hall–Kier alpha value is -1.43. The van der Waals surface area contributed by atoms with E-state index in [1.165, 1.54) is 0 Å². The predicted molar refractivity (Wildman–Crippen MR) is 44.2 cm³/mol. The van der Waals surface area contributed by atoms with Crippen molar-refractivity contribution in [3.8, 4) is 0 Å². The van der Waals surface area contributed by atoms with Crippen molar-refractivity contribution in [1.29, 1.82) is 0 Å². The number of esters is 2. The molecular formula is C8H12O6. The standard InChI is InChI=1S/C8H12O6/c1-13-7(11)5(3-4-9)6(10)8(12)14-2/h4-6,10H,3H2,1-2H3/t5-,6+/m1/s1. The van der Waals surface area contributed by atoms with E-state index in [4.69, 9.17) is 0 Å². The lowest BCUT2D eigenvalue weighted by Crippen LogP contribution is -2.36. The second-order valence-corrected chi connectivity index (χ2v) is 2.50. The van der Waals surface area contributed by atoms with Crippen molar-refractivity contribution < 1.29 is 29.0 Å². The molecule has 0 aromatic heterocycles. The Labute approximate surface area is 80.8 Å². The zero-order chi connectivity index (χ0) is 11.1. The zero-order valence-corrected chi connectivity index (χ0v) is 7.93. The van der Waals surface area contributed by atoms with Crippen LogP contribution in [0.2, 0.25) is 0 Å². The molecule has 0 heterocycles. The molecule has 1 N–H and O–H groups in total. The summed E-state index contributed by atoms with van der Waals surface area (Å²) in [5.74, 6) is -3.00. The molecule has 0 amide bonds. The maximum atomic E-state index is 11.0. The molecule has 6 heteroatoms. The van der Waals surface area contributed by atoms with Gasteiger partial charge in [-0.25, -0.2) is 4.79 Å². The summed E-state index contributed by atoms with van der Waals surface area (Å²) in [6.07, 6.45) is -1.53. The fourth-order valence-corrected chi connectivity index (χ4v) is 0.894. The van der Waals surface area contributed by atoms with E-state index in [0.717, 1.165) is 14.2 Å². The van der Waals surface area contributed by atoms with Gasteiger partial charge in [0.1, 0.15) is 12.2 Å². The first kappa shape index (κ1) is 12.6. The van der Waals surface area contributed by atoms with Crippen molar-refractivity contribution >= 4 is 18.2 Å². The molecule has 0 aliphatic carbocycles. The summed E-state index contributed by atoms with van der Waals surface area (Å²) in [6.45, 7) is 0. The maximum absolute atomic E-state index is 11.0. The van der Waals surface area contributed by atoms with Crippen LogP contribution in [0.5, 0.6) is 0 Å². The minimum absolute atomic E-state index is 0.289. The average molecular weight is 204 g/mol. The van der Waals surface area contributed by atoms with Crippen LogP contribution in [0.3, 0.4) is 0 Å². The molecule has 14 heavy (non-hydrogen) atoms. The molecule has 0 radical (unpaired) electrons. The van der Waals surface area contributed by atoms with Crippen LogP contribution in [0.1, 0.15) is 6.42 Å². The van der Waals surface area contributed by atoms with Gasteiger partial charge >= 0.3 is 11.9 Å². The van der Waals surface area contributed by atoms with E-state index in [9.17, 15) is 19.5 Å². The van der Waals surface area contributed by atoms with Crippen LogP contribution in [0.4, 0.5) is 0 Å². The first-order valence-corrected chi connectivity index (χ1v) is 3.85. The summed E-state index contributed by atoms with van der Waals surface area (Å²) < 4.78 is 8.54. The summed E-state index contributed by atoms with van der Waals surface area (Å²) in [4.78, 5) is 32.0. The van der Waals surface area contributed by atoms with E-state index in [-0.39, 0.29) is 6.42 Å². The number of aldehydes is 1. The van der Waals surface area contributed by atoms with Gasteiger partial charge in [-0.3, -0.25) is 4.79 Å². The number of hydrogen-bond donors (Lipinski definition) is 1. The number of aliphatic hydroxyl groups is 1. The molecule has 2 atom stereocenters. The van der Waals surface area contributed by atoms with Gasteiger partial charge in [0.25, 0.3) is 0 Å². The lowest BCUT2D eigenvalue weighted by atomic mass is 9.99. The number of carbonyl (C=O) groups is 3. The third-order valence-electron chi connectivity index (χ3n) is 1.68. The Morgan fingerprint density at radius 2 is 1.79 bits per heavy atom. The molecule has 0 unspecified atom stereocenters. The Morgan fingerprint density at radius 1 is 1.29 bits per heavy atom. The summed E-state index contributed by atoms with van der Waals surface area (Å²) in [5.41, 5.74) is 0. The third kappa shape index (κ3) is 3.14. The zero-order valence-electron chi connectivity index (χ0n) is 7.93. The largest absolute Gasteiger partial charge is 0.469 e. The highest BCUT2D eigenvalue weighted by molar-refractivity contribution is 5.85. The summed E-state index contributed by atoms with van der Waals surface area (Å²) in [7, 11) is 2.17. The van der Waals surface area contributed by atoms with Gasteiger partial charge in [0, 0.05) is 6.42 Å². The summed E-state index contributed by atoms with van der Waals surface area (Å²) in [5, 5.41) is 9.28. The summed E-state index contributed by atoms with van der Waals surface area (Å²) >= 11 is 0. The van der Waals surface area contributed by atoms with E-state index in [1.807, 2.05) is 0 Å². The minimum atomic E-state index is -1.67. The molecule has 0 spiro atoms. The van der Waals surface area contributed by atoms with Crippen molar-refractivity contribution in [2.24, 2.45) is 5.92 Å². The number of rotatable bonds is 5. The van der Waals surface area contributed by atoms with Crippen LogP contribution < -0.4 is 0 Å². The molecule has 0 aliphatic rings. The molecule has 0 saturated carbocycles. The number of ether oxygens (including phenoxy) is 2. The molecule has 0 saturated heterocycles. The van der Waals surface area contributed by atoms with Gasteiger partial charge in [-0.05, 0) is 0 Å². The van der Waals surface area contributed by atoms with Gasteiger partial charge in [0.05, 0.1) is 14.2 Å². The maximum Gasteiger partial charge on any atom is 0.335 e. The van der Waals surface area contributed by atoms with E-state index in [0.29, 0.717) is 6.29 Å². The fraction of sp³-hybridized carbons (Fsp3) is 0.625. The minimum Gasteiger partial charge on any atom is -0.469 e. The average Bonchev–Trinajstić information content (AvgIpc) is 2.22. The van der Waals surface area contributed by atoms with E-state index in [1.54, 1.807) is 0 Å². The van der Waals surface area contributed by atoms with E-state index < -0.39 is 24.0 Å². The Balaban J connectivity index is 4.54. The SMILES string of the molecule is COC(=O)[C@@H](O)[C@@H](CC=O)C(=O)OC. The predicted octanol–water partition coefficient (Wildman–Crippen LogP) is -1.10. The lowest BCUT2D eigenvalue weighted by molar-refractivity contribution is -0.163. The Kier molecular flexibility index (Phi) is 5.47. The topological polar surface area (TPSA) is 89.9 Å². The van der Waals surface area contributed by atoms with Gasteiger partial charge in [0.15, 0.2) is 6.10 Å². The van der Waals surface area contributed by atoms with Crippen LogP contribution in [0, 0.1) is 5.92 Å². The van der Waals surface area contributed by atoms with Crippen molar-refractivity contribution in [1.82, 2.24) is 0 Å². The second-order valence-electron chi connectivity index (χ2n) is 2.50. The van der Waals surface area contributed by atoms with Crippen molar-refractivity contribution in [2.75, 3.05) is 14.2 Å². The van der Waals surface area contributed by atoms with Crippen molar-refractivity contribution in [2.45, 2.75) is 12.5 Å². The second kappa shape index (κ2) is 6.09. The molecule has 0 aliphatic heterocycles. The highest BCUT2D eigenvalue weighted by atomic mass is 16.5. The van der Waals surface area contributed by atoms with Crippen molar-refractivity contribution in [3.05, 3.63) is 0 Å². The normalized spacial score (nSPS) is 13.9. The highest BCUT2D eigenvalue weighted by Crippen LogP contribution is 2.11. The van der Waals surface area contributed by atoms with Crippen LogP contribution >= 0.6 is 0 Å². The molecule has 0 fully saturated rings. The van der Waals surface area contributed by atoms with Gasteiger partial charge < -0.3 is 19.4 Å². The fourth-order valence-electron chi connectivity index (χ4n) is 0.894. The van der Waals surface area contributed by atoms with Gasteiger partial charge in [-0.1, -0.05) is 0 Å². The lowest BCUT2D eigenvalue weighted by Gasteiger charge is -2.16. The number of carbonyl (C=O) groups excluding carboxylic acids is 3. The molecule has 6 nitrogen and oxygen atoms in total. The number of methoxy groups -OCH3 is 2. The van der Waals surface area contributed by atoms with Crippen LogP contribution in [-0.4, -0.2) is 43.7 Å². The molecule has 0 aromatic carbocycles. The molecule has 0 rings (SSSR count). The Bertz CT molecular complexity index is 224. The van der Waals surface area contributed by atoms with Gasteiger partial charge in [-0.15, -0.1) is 0 Å². The molecule has 80 valence electrons. The van der Waals surface area contributed by atoms with E-state index in [2.05, 4.69) is 9.47 Å². The molecular weight excluding hydrogens is 192 g/mol. The van der Waals surface area contributed by atoms with Crippen LogP contribution in [0.25, 0.3) is 0 Å². The Morgan fingerprint density at radius 3 is 2.14 bits per heavy atom. The van der Waals surface area contributed by atoms with Gasteiger partial charge in [0.2, 0.25) is 0 Å². The van der Waals surface area contributed by atoms with E-state index >= 15 is 0 Å². The number of aliphatic hydroxyl groups excluding tert-OH is 1. The van der Waals surface area contributed by atoms with Gasteiger partial charge in [-0.2, -0.15) is 0 Å². The highest BCUT2D eigenvalue weighted by Gasteiger charge is 2.33. The quantitative estimate of drug-likeness (QED) is 0.451.